The molecule has 4 rings (SSSR count). The van der Waals surface area contributed by atoms with Gasteiger partial charge in [0.25, 0.3) is 0 Å². The fraction of sp³-hybridized carbons (Fsp3) is 0.240. The van der Waals surface area contributed by atoms with E-state index in [0.29, 0.717) is 13.0 Å². The molecule has 2 aromatic carbocycles. The smallest absolute Gasteiger partial charge is 0.220 e. The average Bonchev–Trinajstić information content (AvgIpc) is 3.14. The molecule has 0 saturated carbocycles. The highest BCUT2D eigenvalue weighted by molar-refractivity contribution is 7.19. The summed E-state index contributed by atoms with van der Waals surface area (Å²) in [5.41, 5.74) is 3.45. The highest BCUT2D eigenvalue weighted by atomic mass is 32.1. The second-order valence-electron chi connectivity index (χ2n) is 7.53. The van der Waals surface area contributed by atoms with Crippen molar-refractivity contribution >= 4 is 33.3 Å². The van der Waals surface area contributed by atoms with Gasteiger partial charge in [0.05, 0.1) is 11.4 Å². The lowest BCUT2D eigenvalue weighted by Gasteiger charge is -2.14. The first-order valence-electron chi connectivity index (χ1n) is 10.5. The van der Waals surface area contributed by atoms with E-state index < -0.39 is 0 Å². The number of carbonyl (C=O) groups is 1. The van der Waals surface area contributed by atoms with Crippen LogP contribution in [0.2, 0.25) is 0 Å². The maximum atomic E-state index is 12.3. The largest absolute Gasteiger partial charge is 0.369 e. The maximum absolute atomic E-state index is 12.3. The Kier molecular flexibility index (Phi) is 6.57. The lowest BCUT2D eigenvalue weighted by molar-refractivity contribution is -0.121. The molecule has 0 aliphatic rings. The van der Waals surface area contributed by atoms with E-state index in [1.165, 1.54) is 16.0 Å². The third-order valence-corrected chi connectivity index (χ3v) is 6.29. The van der Waals surface area contributed by atoms with E-state index >= 15 is 0 Å². The zero-order valence-corrected chi connectivity index (χ0v) is 18.6. The van der Waals surface area contributed by atoms with Crippen molar-refractivity contribution in [2.75, 3.05) is 11.9 Å². The summed E-state index contributed by atoms with van der Waals surface area (Å²) in [6, 6.07) is 20.4. The van der Waals surface area contributed by atoms with Crippen molar-refractivity contribution in [3.63, 3.8) is 0 Å². The van der Waals surface area contributed by atoms with Crippen LogP contribution in [0.4, 0.5) is 5.82 Å². The molecule has 2 heterocycles. The van der Waals surface area contributed by atoms with E-state index in [-0.39, 0.29) is 11.9 Å². The second kappa shape index (κ2) is 9.71. The van der Waals surface area contributed by atoms with Gasteiger partial charge in [-0.25, -0.2) is 9.97 Å². The number of nitrogens with zero attached hydrogens (tertiary/aromatic N) is 2. The standard InChI is InChI=1S/C25H26N4OS/c1-17(19-10-5-3-6-11-19)29-21(30)14-9-15-26-24-23-22(20-12-7-4-8-13-20)18(2)31-25(23)28-16-27-24/h3-8,10-13,16-17H,9,14-15H2,1-2H3,(H,29,30)(H,26,27,28). The number of amides is 1. The van der Waals surface area contributed by atoms with Crippen LogP contribution in [0.25, 0.3) is 21.3 Å². The fourth-order valence-electron chi connectivity index (χ4n) is 3.73. The predicted molar refractivity (Wildman–Crippen MR) is 128 cm³/mol. The van der Waals surface area contributed by atoms with E-state index in [9.17, 15) is 4.79 Å². The fourth-order valence-corrected chi connectivity index (χ4v) is 4.74. The number of aryl methyl sites for hydroxylation is 1. The third kappa shape index (κ3) is 4.91. The number of benzene rings is 2. The van der Waals surface area contributed by atoms with Crippen LogP contribution in [0, 0.1) is 6.92 Å². The molecular weight excluding hydrogens is 404 g/mol. The van der Waals surface area contributed by atoms with E-state index in [4.69, 9.17) is 0 Å². The molecule has 31 heavy (non-hydrogen) atoms. The molecule has 0 saturated heterocycles. The third-order valence-electron chi connectivity index (χ3n) is 5.28. The minimum Gasteiger partial charge on any atom is -0.369 e. The molecule has 2 N–H and O–H groups in total. The molecule has 0 bridgehead atoms. The van der Waals surface area contributed by atoms with E-state index in [0.717, 1.165) is 28.0 Å². The van der Waals surface area contributed by atoms with Gasteiger partial charge < -0.3 is 10.6 Å². The number of thiophene rings is 1. The van der Waals surface area contributed by atoms with Gasteiger partial charge >= 0.3 is 0 Å². The number of hydrogen-bond donors (Lipinski definition) is 2. The summed E-state index contributed by atoms with van der Waals surface area (Å²) < 4.78 is 0. The minimum atomic E-state index is 0.00496. The van der Waals surface area contributed by atoms with Crippen LogP contribution in [0.3, 0.4) is 0 Å². The topological polar surface area (TPSA) is 66.9 Å². The predicted octanol–water partition coefficient (Wildman–Crippen LogP) is 5.74. The Morgan fingerprint density at radius 2 is 1.74 bits per heavy atom. The zero-order valence-electron chi connectivity index (χ0n) is 17.8. The number of nitrogens with one attached hydrogen (secondary N) is 2. The number of aromatic nitrogens is 2. The summed E-state index contributed by atoms with van der Waals surface area (Å²) in [7, 11) is 0. The van der Waals surface area contributed by atoms with Crippen molar-refractivity contribution in [3.05, 3.63) is 77.4 Å². The molecule has 0 spiro atoms. The summed E-state index contributed by atoms with van der Waals surface area (Å²) in [5.74, 6) is 0.883. The van der Waals surface area contributed by atoms with Crippen molar-refractivity contribution in [3.8, 4) is 11.1 Å². The van der Waals surface area contributed by atoms with Gasteiger partial charge in [0.2, 0.25) is 5.91 Å². The van der Waals surface area contributed by atoms with Crippen molar-refractivity contribution < 1.29 is 4.79 Å². The number of rotatable bonds is 8. The summed E-state index contributed by atoms with van der Waals surface area (Å²) in [6.45, 7) is 4.80. The number of carbonyl (C=O) groups excluding carboxylic acids is 1. The van der Waals surface area contributed by atoms with Crippen LogP contribution >= 0.6 is 11.3 Å². The zero-order chi connectivity index (χ0) is 21.6. The van der Waals surface area contributed by atoms with Crippen molar-refractivity contribution in [1.29, 1.82) is 0 Å². The Morgan fingerprint density at radius 1 is 1.03 bits per heavy atom. The second-order valence-corrected chi connectivity index (χ2v) is 8.74. The number of fused-ring (bicyclic) bond motifs is 1. The summed E-state index contributed by atoms with van der Waals surface area (Å²) in [6.07, 6.45) is 2.79. The van der Waals surface area contributed by atoms with E-state index in [1.54, 1.807) is 17.7 Å². The molecule has 0 fully saturated rings. The number of hydrogen-bond acceptors (Lipinski definition) is 5. The van der Waals surface area contributed by atoms with Crippen LogP contribution in [0.5, 0.6) is 0 Å². The first kappa shape index (κ1) is 21.0. The molecule has 5 nitrogen and oxygen atoms in total. The Bertz CT molecular complexity index is 1160. The monoisotopic (exact) mass is 430 g/mol. The molecule has 6 heteroatoms. The van der Waals surface area contributed by atoms with Crippen LogP contribution in [-0.2, 0) is 4.79 Å². The Balaban J connectivity index is 1.39. The first-order chi connectivity index (χ1) is 15.1. The Hall–Kier alpha value is -3.25. The Morgan fingerprint density at radius 3 is 2.48 bits per heavy atom. The molecule has 0 radical (unpaired) electrons. The molecule has 1 unspecified atom stereocenters. The summed E-state index contributed by atoms with van der Waals surface area (Å²) >= 11 is 1.68. The summed E-state index contributed by atoms with van der Waals surface area (Å²) in [5, 5.41) is 7.55. The molecule has 0 aliphatic heterocycles. The highest BCUT2D eigenvalue weighted by Crippen LogP contribution is 2.40. The van der Waals surface area contributed by atoms with Crippen LogP contribution in [0.1, 0.15) is 36.2 Å². The molecule has 158 valence electrons. The molecular formula is C25H26N4OS. The van der Waals surface area contributed by atoms with E-state index in [2.05, 4.69) is 39.7 Å². The van der Waals surface area contributed by atoms with Gasteiger partial charge in [-0.1, -0.05) is 60.7 Å². The Labute approximate surface area is 186 Å². The van der Waals surface area contributed by atoms with Gasteiger partial charge in [-0.2, -0.15) is 0 Å². The molecule has 2 aromatic heterocycles. The average molecular weight is 431 g/mol. The number of anilines is 1. The van der Waals surface area contributed by atoms with Gasteiger partial charge in [-0.15, -0.1) is 11.3 Å². The SMILES string of the molecule is Cc1sc2ncnc(NCCCC(=O)NC(C)c3ccccc3)c2c1-c1ccccc1. The normalized spacial score (nSPS) is 11.9. The quantitative estimate of drug-likeness (QED) is 0.350. The van der Waals surface area contributed by atoms with Gasteiger partial charge in [0.1, 0.15) is 17.0 Å². The minimum absolute atomic E-state index is 0.00496. The molecule has 0 aliphatic carbocycles. The lowest BCUT2D eigenvalue weighted by atomic mass is 10.0. The van der Waals surface area contributed by atoms with Crippen LogP contribution < -0.4 is 10.6 Å². The summed E-state index contributed by atoms with van der Waals surface area (Å²) in [4.78, 5) is 23.5. The maximum Gasteiger partial charge on any atom is 0.220 e. The van der Waals surface area contributed by atoms with Crippen molar-refractivity contribution in [2.24, 2.45) is 0 Å². The van der Waals surface area contributed by atoms with Crippen LogP contribution in [0.15, 0.2) is 67.0 Å². The van der Waals surface area contributed by atoms with Crippen molar-refractivity contribution in [2.45, 2.75) is 32.7 Å². The first-order valence-corrected chi connectivity index (χ1v) is 11.3. The van der Waals surface area contributed by atoms with Gasteiger partial charge in [0, 0.05) is 23.4 Å². The van der Waals surface area contributed by atoms with E-state index in [1.807, 2.05) is 55.5 Å². The molecule has 1 amide bonds. The highest BCUT2D eigenvalue weighted by Gasteiger charge is 2.16. The molecule has 4 aromatic rings. The van der Waals surface area contributed by atoms with Gasteiger partial charge in [0.15, 0.2) is 0 Å². The van der Waals surface area contributed by atoms with Crippen molar-refractivity contribution in [1.82, 2.24) is 15.3 Å². The van der Waals surface area contributed by atoms with Gasteiger partial charge in [-0.3, -0.25) is 4.79 Å². The lowest BCUT2D eigenvalue weighted by Crippen LogP contribution is -2.26. The van der Waals surface area contributed by atoms with Gasteiger partial charge in [-0.05, 0) is 31.4 Å². The molecule has 1 atom stereocenters. The van der Waals surface area contributed by atoms with Crippen LogP contribution in [-0.4, -0.2) is 22.4 Å².